The van der Waals surface area contributed by atoms with Crippen LogP contribution in [0, 0.1) is 6.92 Å². The molecular formula is C12H8BrCl2N3O. The summed E-state index contributed by atoms with van der Waals surface area (Å²) >= 11 is 15.1. The molecule has 2 heterocycles. The minimum atomic E-state index is -0.397. The Labute approximate surface area is 128 Å². The molecule has 7 heteroatoms. The van der Waals surface area contributed by atoms with Crippen molar-refractivity contribution in [3.05, 3.63) is 50.4 Å². The van der Waals surface area contributed by atoms with Crippen LogP contribution in [-0.4, -0.2) is 15.9 Å². The number of hydrogen-bond acceptors (Lipinski definition) is 3. The predicted octanol–water partition coefficient (Wildman–Crippen LogP) is 4.11. The number of pyridine rings is 2. The van der Waals surface area contributed by atoms with Gasteiger partial charge in [-0.3, -0.25) is 4.79 Å². The van der Waals surface area contributed by atoms with Gasteiger partial charge in [0.2, 0.25) is 0 Å². The van der Waals surface area contributed by atoms with Crippen molar-refractivity contribution in [1.29, 1.82) is 0 Å². The fourth-order valence-corrected chi connectivity index (χ4v) is 2.15. The molecule has 1 N–H and O–H groups in total. The Morgan fingerprint density at radius 1 is 1.32 bits per heavy atom. The van der Waals surface area contributed by atoms with Crippen LogP contribution >= 0.6 is 39.1 Å². The van der Waals surface area contributed by atoms with E-state index in [1.165, 1.54) is 6.20 Å². The first kappa shape index (κ1) is 14.2. The highest BCUT2D eigenvalue weighted by Crippen LogP contribution is 2.23. The SMILES string of the molecule is Cc1ccc(NC(=O)c2cc(Br)cnc2Cl)c(Cl)n1. The van der Waals surface area contributed by atoms with E-state index in [0.29, 0.717) is 10.2 Å². The number of nitrogens with zero attached hydrogens (tertiary/aromatic N) is 2. The lowest BCUT2D eigenvalue weighted by molar-refractivity contribution is 0.102. The standard InChI is InChI=1S/C12H8BrCl2N3O/c1-6-2-3-9(11(15)17-6)18-12(19)8-4-7(13)5-16-10(8)14/h2-5H,1H3,(H,18,19). The van der Waals surface area contributed by atoms with Crippen LogP contribution in [0.5, 0.6) is 0 Å². The monoisotopic (exact) mass is 359 g/mol. The van der Waals surface area contributed by atoms with Gasteiger partial charge in [0.1, 0.15) is 5.15 Å². The van der Waals surface area contributed by atoms with E-state index in [4.69, 9.17) is 23.2 Å². The van der Waals surface area contributed by atoms with Crippen LogP contribution in [0.2, 0.25) is 10.3 Å². The average Bonchev–Trinajstić information content (AvgIpc) is 2.35. The lowest BCUT2D eigenvalue weighted by Crippen LogP contribution is -2.13. The number of aromatic nitrogens is 2. The van der Waals surface area contributed by atoms with Crippen molar-refractivity contribution in [2.75, 3.05) is 5.32 Å². The Morgan fingerprint density at radius 3 is 2.74 bits per heavy atom. The Balaban J connectivity index is 2.28. The van der Waals surface area contributed by atoms with Crippen molar-refractivity contribution in [1.82, 2.24) is 9.97 Å². The smallest absolute Gasteiger partial charge is 0.258 e. The molecule has 0 saturated heterocycles. The Morgan fingerprint density at radius 2 is 2.05 bits per heavy atom. The summed E-state index contributed by atoms with van der Waals surface area (Å²) in [5.41, 5.74) is 1.45. The molecule has 2 aromatic rings. The molecule has 0 radical (unpaired) electrons. The van der Waals surface area contributed by atoms with E-state index >= 15 is 0 Å². The molecule has 0 atom stereocenters. The van der Waals surface area contributed by atoms with Crippen molar-refractivity contribution in [3.8, 4) is 0 Å². The Bertz CT molecular complexity index is 649. The van der Waals surface area contributed by atoms with Gasteiger partial charge in [-0.15, -0.1) is 0 Å². The number of halogens is 3. The van der Waals surface area contributed by atoms with E-state index in [9.17, 15) is 4.79 Å². The molecule has 1 amide bonds. The molecule has 0 aromatic carbocycles. The highest BCUT2D eigenvalue weighted by molar-refractivity contribution is 9.10. The fraction of sp³-hybridized carbons (Fsp3) is 0.0833. The first-order valence-corrected chi connectivity index (χ1v) is 6.78. The first-order chi connectivity index (χ1) is 8.97. The quantitative estimate of drug-likeness (QED) is 0.820. The van der Waals surface area contributed by atoms with Crippen LogP contribution in [0.3, 0.4) is 0 Å². The molecule has 0 aliphatic carbocycles. The van der Waals surface area contributed by atoms with Gasteiger partial charge in [0.15, 0.2) is 5.15 Å². The summed E-state index contributed by atoms with van der Waals surface area (Å²) < 4.78 is 0.662. The number of nitrogens with one attached hydrogen (secondary N) is 1. The second kappa shape index (κ2) is 5.86. The number of amides is 1. The third kappa shape index (κ3) is 3.43. The van der Waals surface area contributed by atoms with Crippen molar-refractivity contribution >= 4 is 50.7 Å². The predicted molar refractivity (Wildman–Crippen MR) is 78.9 cm³/mol. The summed E-state index contributed by atoms with van der Waals surface area (Å²) in [6.45, 7) is 1.81. The van der Waals surface area contributed by atoms with Gasteiger partial charge in [-0.1, -0.05) is 23.2 Å². The summed E-state index contributed by atoms with van der Waals surface area (Å²) in [4.78, 5) is 20.0. The maximum atomic E-state index is 12.1. The molecule has 0 spiro atoms. The summed E-state index contributed by atoms with van der Waals surface area (Å²) in [6.07, 6.45) is 1.51. The lowest BCUT2D eigenvalue weighted by atomic mass is 10.2. The zero-order valence-corrected chi connectivity index (χ0v) is 12.8. The van der Waals surface area contributed by atoms with Crippen molar-refractivity contribution < 1.29 is 4.79 Å². The Kier molecular flexibility index (Phi) is 4.39. The third-order valence-corrected chi connectivity index (χ3v) is 3.31. The second-order valence-electron chi connectivity index (χ2n) is 3.74. The van der Waals surface area contributed by atoms with Gasteiger partial charge in [0.25, 0.3) is 5.91 Å². The van der Waals surface area contributed by atoms with Crippen LogP contribution in [0.1, 0.15) is 16.1 Å². The zero-order chi connectivity index (χ0) is 14.0. The lowest BCUT2D eigenvalue weighted by Gasteiger charge is -2.08. The molecular weight excluding hydrogens is 353 g/mol. The van der Waals surface area contributed by atoms with Crippen LogP contribution in [0.15, 0.2) is 28.9 Å². The van der Waals surface area contributed by atoms with E-state index in [0.717, 1.165) is 5.69 Å². The topological polar surface area (TPSA) is 54.9 Å². The van der Waals surface area contributed by atoms with E-state index < -0.39 is 5.91 Å². The molecule has 0 saturated carbocycles. The van der Waals surface area contributed by atoms with Crippen LogP contribution in [-0.2, 0) is 0 Å². The van der Waals surface area contributed by atoms with E-state index in [1.54, 1.807) is 18.2 Å². The van der Waals surface area contributed by atoms with Crippen molar-refractivity contribution in [2.24, 2.45) is 0 Å². The van der Waals surface area contributed by atoms with Gasteiger partial charge < -0.3 is 5.32 Å². The summed E-state index contributed by atoms with van der Waals surface area (Å²) in [5.74, 6) is -0.397. The summed E-state index contributed by atoms with van der Waals surface area (Å²) in [5, 5.41) is 2.99. The van der Waals surface area contributed by atoms with E-state index in [-0.39, 0.29) is 15.9 Å². The van der Waals surface area contributed by atoms with E-state index in [2.05, 4.69) is 31.2 Å². The normalized spacial score (nSPS) is 10.3. The molecule has 0 aliphatic rings. The van der Waals surface area contributed by atoms with Gasteiger partial charge in [-0.2, -0.15) is 0 Å². The molecule has 19 heavy (non-hydrogen) atoms. The van der Waals surface area contributed by atoms with Gasteiger partial charge in [0.05, 0.1) is 11.3 Å². The average molecular weight is 361 g/mol. The third-order valence-electron chi connectivity index (χ3n) is 2.29. The highest BCUT2D eigenvalue weighted by Gasteiger charge is 2.14. The summed E-state index contributed by atoms with van der Waals surface area (Å²) in [6, 6.07) is 5.02. The van der Waals surface area contributed by atoms with Crippen LogP contribution in [0.25, 0.3) is 0 Å². The minimum Gasteiger partial charge on any atom is -0.319 e. The van der Waals surface area contributed by atoms with Gasteiger partial charge in [-0.25, -0.2) is 9.97 Å². The zero-order valence-electron chi connectivity index (χ0n) is 9.75. The molecule has 0 unspecified atom stereocenters. The molecule has 98 valence electrons. The maximum Gasteiger partial charge on any atom is 0.258 e. The highest BCUT2D eigenvalue weighted by atomic mass is 79.9. The van der Waals surface area contributed by atoms with Crippen LogP contribution < -0.4 is 5.32 Å². The number of anilines is 1. The van der Waals surface area contributed by atoms with Gasteiger partial charge >= 0.3 is 0 Å². The number of rotatable bonds is 2. The molecule has 2 aromatic heterocycles. The molecule has 0 fully saturated rings. The fourth-order valence-electron chi connectivity index (χ4n) is 1.39. The number of hydrogen-bond donors (Lipinski definition) is 1. The van der Waals surface area contributed by atoms with Crippen molar-refractivity contribution in [3.63, 3.8) is 0 Å². The Hall–Kier alpha value is -1.17. The number of aryl methyl sites for hydroxylation is 1. The van der Waals surface area contributed by atoms with Gasteiger partial charge in [-0.05, 0) is 41.1 Å². The number of carbonyl (C=O) groups is 1. The van der Waals surface area contributed by atoms with Crippen molar-refractivity contribution in [2.45, 2.75) is 6.92 Å². The maximum absolute atomic E-state index is 12.1. The molecule has 0 aliphatic heterocycles. The molecule has 4 nitrogen and oxygen atoms in total. The van der Waals surface area contributed by atoms with E-state index in [1.807, 2.05) is 6.92 Å². The second-order valence-corrected chi connectivity index (χ2v) is 5.37. The first-order valence-electron chi connectivity index (χ1n) is 5.23. The van der Waals surface area contributed by atoms with Crippen LogP contribution in [0.4, 0.5) is 5.69 Å². The molecule has 2 rings (SSSR count). The minimum absolute atomic E-state index is 0.122. The molecule has 0 bridgehead atoms. The van der Waals surface area contributed by atoms with Gasteiger partial charge in [0, 0.05) is 16.4 Å². The largest absolute Gasteiger partial charge is 0.319 e. The number of carbonyl (C=O) groups excluding carboxylic acids is 1. The summed E-state index contributed by atoms with van der Waals surface area (Å²) in [7, 11) is 0.